The molecule has 0 aromatic heterocycles. The van der Waals surface area contributed by atoms with Crippen molar-refractivity contribution in [1.82, 2.24) is 4.90 Å². The molecule has 2 fully saturated rings. The fourth-order valence-electron chi connectivity index (χ4n) is 4.68. The number of para-hydroxylation sites is 1. The molecule has 1 aromatic rings. The molecule has 1 saturated heterocycles. The fourth-order valence-corrected chi connectivity index (χ4v) is 4.68. The summed E-state index contributed by atoms with van der Waals surface area (Å²) in [6, 6.07) is 7.71. The number of nitrogens with two attached hydrogens (primary N) is 1. The van der Waals surface area contributed by atoms with Crippen LogP contribution in [0, 0.1) is 11.3 Å². The maximum absolute atomic E-state index is 12.6. The first-order valence-electron chi connectivity index (χ1n) is 10.9. The first-order chi connectivity index (χ1) is 15.4. The van der Waals surface area contributed by atoms with E-state index in [4.69, 9.17) is 10.5 Å². The van der Waals surface area contributed by atoms with E-state index < -0.39 is 24.5 Å². The lowest BCUT2D eigenvalue weighted by molar-refractivity contribution is -0.309. The van der Waals surface area contributed by atoms with Crippen molar-refractivity contribution in [2.75, 3.05) is 26.2 Å². The Hall–Kier alpha value is -2.17. The predicted octanol–water partition coefficient (Wildman–Crippen LogP) is 5.08. The molecule has 2 aliphatic rings. The largest absolute Gasteiger partial charge is 0.493 e. The number of unbranched alkanes of at least 4 members (excludes halogenated alkanes) is 2. The molecular formula is C22H28F6N2O3. The zero-order chi connectivity index (χ0) is 24.3. The number of nitrogens with zero attached hydrogens (tertiary/aromatic N) is 1. The number of amides is 1. The molecule has 33 heavy (non-hydrogen) atoms. The van der Waals surface area contributed by atoms with Crippen molar-refractivity contribution in [3.05, 3.63) is 29.8 Å². The van der Waals surface area contributed by atoms with Crippen LogP contribution in [0.5, 0.6) is 5.75 Å². The molecule has 186 valence electrons. The zero-order valence-corrected chi connectivity index (χ0v) is 18.1. The van der Waals surface area contributed by atoms with Crippen LogP contribution in [-0.2, 0) is 11.2 Å². The third-order valence-corrected chi connectivity index (χ3v) is 6.15. The van der Waals surface area contributed by atoms with Crippen LogP contribution in [0.4, 0.5) is 31.1 Å². The van der Waals surface area contributed by atoms with Crippen molar-refractivity contribution < 1.29 is 40.6 Å². The van der Waals surface area contributed by atoms with Crippen molar-refractivity contribution in [1.29, 1.82) is 0 Å². The van der Waals surface area contributed by atoms with E-state index in [1.54, 1.807) is 0 Å². The molecule has 1 amide bonds. The van der Waals surface area contributed by atoms with Crippen molar-refractivity contribution >= 4 is 6.09 Å². The number of carbonyl (C=O) groups is 1. The van der Waals surface area contributed by atoms with Gasteiger partial charge in [0.1, 0.15) is 5.75 Å². The molecule has 1 spiro atoms. The Morgan fingerprint density at radius 1 is 1.06 bits per heavy atom. The molecule has 0 bridgehead atoms. The average Bonchev–Trinajstić information content (AvgIpc) is 2.65. The van der Waals surface area contributed by atoms with Crippen molar-refractivity contribution in [3.63, 3.8) is 0 Å². The summed E-state index contributed by atoms with van der Waals surface area (Å²) in [4.78, 5) is 12.7. The number of ether oxygens (including phenoxy) is 2. The molecule has 0 radical (unpaired) electrons. The molecule has 0 atom stereocenters. The van der Waals surface area contributed by atoms with Crippen LogP contribution >= 0.6 is 0 Å². The van der Waals surface area contributed by atoms with Gasteiger partial charge in [0.25, 0.3) is 6.10 Å². The molecule has 1 saturated carbocycles. The number of carbonyl (C=O) groups excluding carboxylic acids is 1. The number of rotatable bonds is 9. The van der Waals surface area contributed by atoms with Crippen LogP contribution in [0.1, 0.15) is 37.7 Å². The van der Waals surface area contributed by atoms with Crippen molar-refractivity contribution in [3.8, 4) is 5.75 Å². The zero-order valence-electron chi connectivity index (χ0n) is 18.1. The molecule has 1 aromatic carbocycles. The first-order valence-corrected chi connectivity index (χ1v) is 10.9. The van der Waals surface area contributed by atoms with Gasteiger partial charge in [0.2, 0.25) is 0 Å². The van der Waals surface area contributed by atoms with Crippen LogP contribution in [0.15, 0.2) is 24.3 Å². The maximum atomic E-state index is 12.6. The standard InChI is InChI=1S/C22H28F6N2O3/c23-21(24,25)18(22(26,27)28)33-19(31)30-13-20(14-30)11-15(12-20)10-16-6-2-3-7-17(16)32-9-5-1-4-8-29/h2-3,6-7,15,18H,1,4-5,8-14,29H2. The number of likely N-dealkylation sites (tertiary alicyclic amines) is 1. The number of alkyl halides is 6. The minimum atomic E-state index is -5.71. The summed E-state index contributed by atoms with van der Waals surface area (Å²) in [5.41, 5.74) is 6.29. The van der Waals surface area contributed by atoms with E-state index in [1.807, 2.05) is 24.3 Å². The van der Waals surface area contributed by atoms with E-state index in [1.165, 1.54) is 0 Å². The smallest absolute Gasteiger partial charge is 0.434 e. The SMILES string of the molecule is NCCCCCOc1ccccc1CC1CC2(C1)CN(C(=O)OC(C(F)(F)F)C(F)(F)F)C2. The predicted molar refractivity (Wildman–Crippen MR) is 108 cm³/mol. The summed E-state index contributed by atoms with van der Waals surface area (Å²) >= 11 is 0. The minimum absolute atomic E-state index is 0.101. The van der Waals surface area contributed by atoms with E-state index in [2.05, 4.69) is 4.74 Å². The highest BCUT2D eigenvalue weighted by Gasteiger charge is 2.61. The highest BCUT2D eigenvalue weighted by atomic mass is 19.4. The number of benzene rings is 1. The summed E-state index contributed by atoms with van der Waals surface area (Å²) in [6.07, 6.45) is -12.0. The van der Waals surface area contributed by atoms with Gasteiger partial charge in [0.15, 0.2) is 0 Å². The molecule has 2 N–H and O–H groups in total. The summed E-state index contributed by atoms with van der Waals surface area (Å²) in [5.74, 6) is 1.12. The monoisotopic (exact) mass is 482 g/mol. The highest BCUT2D eigenvalue weighted by molar-refractivity contribution is 5.69. The number of hydrogen-bond donors (Lipinski definition) is 1. The Morgan fingerprint density at radius 2 is 1.70 bits per heavy atom. The van der Waals surface area contributed by atoms with E-state index in [9.17, 15) is 31.1 Å². The average molecular weight is 482 g/mol. The van der Waals surface area contributed by atoms with E-state index >= 15 is 0 Å². The van der Waals surface area contributed by atoms with Gasteiger partial charge in [-0.1, -0.05) is 18.2 Å². The first kappa shape index (κ1) is 25.5. The third kappa shape index (κ3) is 6.45. The molecule has 1 aliphatic heterocycles. The Morgan fingerprint density at radius 3 is 2.30 bits per heavy atom. The van der Waals surface area contributed by atoms with Gasteiger partial charge in [-0.05, 0) is 62.6 Å². The van der Waals surface area contributed by atoms with Crippen LogP contribution < -0.4 is 10.5 Å². The van der Waals surface area contributed by atoms with Gasteiger partial charge in [-0.25, -0.2) is 4.79 Å². The molecule has 1 aliphatic carbocycles. The second-order valence-electron chi connectivity index (χ2n) is 8.99. The lowest BCUT2D eigenvalue weighted by Gasteiger charge is -2.58. The second-order valence-corrected chi connectivity index (χ2v) is 8.99. The van der Waals surface area contributed by atoms with Crippen LogP contribution in [0.25, 0.3) is 0 Å². The summed E-state index contributed by atoms with van der Waals surface area (Å²) < 4.78 is 85.2. The Labute approximate surface area is 188 Å². The number of hydrogen-bond acceptors (Lipinski definition) is 4. The van der Waals surface area contributed by atoms with Gasteiger partial charge in [-0.2, -0.15) is 26.3 Å². The van der Waals surface area contributed by atoms with Crippen molar-refractivity contribution in [2.24, 2.45) is 17.1 Å². The van der Waals surface area contributed by atoms with Gasteiger partial charge in [-0.3, -0.25) is 0 Å². The maximum Gasteiger partial charge on any atom is 0.434 e. The van der Waals surface area contributed by atoms with Crippen LogP contribution in [-0.4, -0.2) is 55.7 Å². The van der Waals surface area contributed by atoms with Gasteiger partial charge in [0.05, 0.1) is 6.61 Å². The van der Waals surface area contributed by atoms with Crippen LogP contribution in [0.3, 0.4) is 0 Å². The molecular weight excluding hydrogens is 454 g/mol. The Balaban J connectivity index is 1.44. The normalized spacial score (nSPS) is 18.2. The van der Waals surface area contributed by atoms with E-state index in [-0.39, 0.29) is 18.5 Å². The van der Waals surface area contributed by atoms with Gasteiger partial charge in [-0.15, -0.1) is 0 Å². The summed E-state index contributed by atoms with van der Waals surface area (Å²) in [6.45, 7) is 1.45. The Kier molecular flexibility index (Phi) is 7.70. The van der Waals surface area contributed by atoms with E-state index in [0.29, 0.717) is 19.1 Å². The highest BCUT2D eigenvalue weighted by Crippen LogP contribution is 2.53. The lowest BCUT2D eigenvalue weighted by Crippen LogP contribution is -2.64. The van der Waals surface area contributed by atoms with Crippen molar-refractivity contribution in [2.45, 2.75) is 57.0 Å². The summed E-state index contributed by atoms with van der Waals surface area (Å²) in [7, 11) is 0. The summed E-state index contributed by atoms with van der Waals surface area (Å²) in [5, 5.41) is 0. The number of halogens is 6. The fraction of sp³-hybridized carbons (Fsp3) is 0.682. The van der Waals surface area contributed by atoms with E-state index in [0.717, 1.165) is 54.7 Å². The van der Waals surface area contributed by atoms with Gasteiger partial charge >= 0.3 is 18.4 Å². The molecule has 0 unspecified atom stereocenters. The van der Waals surface area contributed by atoms with Crippen LogP contribution in [0.2, 0.25) is 0 Å². The third-order valence-electron chi connectivity index (χ3n) is 6.15. The Bertz CT molecular complexity index is 786. The quantitative estimate of drug-likeness (QED) is 0.394. The minimum Gasteiger partial charge on any atom is -0.493 e. The topological polar surface area (TPSA) is 64.8 Å². The lowest BCUT2D eigenvalue weighted by atomic mass is 9.56. The van der Waals surface area contributed by atoms with Gasteiger partial charge < -0.3 is 20.1 Å². The molecule has 11 heteroatoms. The second kappa shape index (κ2) is 9.99. The molecule has 5 nitrogen and oxygen atoms in total. The van der Waals surface area contributed by atoms with Gasteiger partial charge in [0, 0.05) is 18.5 Å². The molecule has 3 rings (SSSR count). The molecule has 1 heterocycles.